The summed E-state index contributed by atoms with van der Waals surface area (Å²) in [5.74, 6) is 0. The molecule has 2 nitrogen and oxygen atoms in total. The van der Waals surface area contributed by atoms with Crippen LogP contribution in [0, 0.1) is 0 Å². The number of hydrogen-bond donors (Lipinski definition) is 1. The van der Waals surface area contributed by atoms with E-state index in [-0.39, 0.29) is 13.2 Å². The topological polar surface area (TPSA) is 23.5 Å². The molecule has 0 saturated heterocycles. The van der Waals surface area contributed by atoms with E-state index in [0.717, 1.165) is 11.1 Å². The lowest BCUT2D eigenvalue weighted by Gasteiger charge is -2.23. The summed E-state index contributed by atoms with van der Waals surface area (Å²) in [4.78, 5) is 1.38. The molecular formula is C13H18F3NO. The highest BCUT2D eigenvalue weighted by molar-refractivity contribution is 5.21. The van der Waals surface area contributed by atoms with Gasteiger partial charge in [0.15, 0.2) is 0 Å². The van der Waals surface area contributed by atoms with Crippen LogP contribution in [-0.2, 0) is 13.2 Å². The molecule has 0 unspecified atom stereocenters. The monoisotopic (exact) mass is 261 g/mol. The van der Waals surface area contributed by atoms with Crippen molar-refractivity contribution in [2.24, 2.45) is 0 Å². The Balaban J connectivity index is 2.64. The van der Waals surface area contributed by atoms with Crippen molar-refractivity contribution in [3.8, 4) is 0 Å². The summed E-state index contributed by atoms with van der Waals surface area (Å²) in [6, 6.07) is 6.97. The number of aliphatic hydroxyl groups is 1. The zero-order valence-electron chi connectivity index (χ0n) is 10.4. The van der Waals surface area contributed by atoms with E-state index in [4.69, 9.17) is 5.11 Å². The van der Waals surface area contributed by atoms with E-state index in [1.807, 2.05) is 6.92 Å². The summed E-state index contributed by atoms with van der Waals surface area (Å²) in [6.07, 6.45) is -3.48. The third-order valence-electron chi connectivity index (χ3n) is 2.55. The lowest BCUT2D eigenvalue weighted by atomic mass is 10.1. The van der Waals surface area contributed by atoms with Crippen LogP contribution in [0.2, 0.25) is 0 Å². The molecule has 0 aliphatic rings. The minimum absolute atomic E-state index is 0.0541. The summed E-state index contributed by atoms with van der Waals surface area (Å²) in [7, 11) is 0. The maximum Gasteiger partial charge on any atom is 0.401 e. The standard InChI is InChI=1S/C13H18F3NO/c1-2-7-17(10-13(14,15)16)8-11-3-5-12(9-18)6-4-11/h3-6,18H,2,7-10H2,1H3. The van der Waals surface area contributed by atoms with Crippen LogP contribution in [0.25, 0.3) is 0 Å². The fraction of sp³-hybridized carbons (Fsp3) is 0.538. The molecule has 0 fully saturated rings. The Morgan fingerprint density at radius 3 is 2.11 bits per heavy atom. The number of rotatable bonds is 6. The van der Waals surface area contributed by atoms with Crippen molar-refractivity contribution >= 4 is 0 Å². The highest BCUT2D eigenvalue weighted by atomic mass is 19.4. The van der Waals surface area contributed by atoms with E-state index in [0.29, 0.717) is 13.0 Å². The first-order chi connectivity index (χ1) is 8.44. The van der Waals surface area contributed by atoms with Gasteiger partial charge in [-0.05, 0) is 24.1 Å². The SMILES string of the molecule is CCCN(Cc1ccc(CO)cc1)CC(F)(F)F. The summed E-state index contributed by atoms with van der Waals surface area (Å²) < 4.78 is 37.1. The van der Waals surface area contributed by atoms with Crippen molar-refractivity contribution in [2.45, 2.75) is 32.7 Å². The van der Waals surface area contributed by atoms with Gasteiger partial charge in [-0.3, -0.25) is 4.90 Å². The van der Waals surface area contributed by atoms with Gasteiger partial charge in [-0.2, -0.15) is 13.2 Å². The van der Waals surface area contributed by atoms with Crippen LogP contribution in [0.4, 0.5) is 13.2 Å². The Bertz CT molecular complexity index is 348. The summed E-state index contributed by atoms with van der Waals surface area (Å²) in [6.45, 7) is 1.61. The fourth-order valence-electron chi connectivity index (χ4n) is 1.79. The largest absolute Gasteiger partial charge is 0.401 e. The molecule has 0 amide bonds. The van der Waals surface area contributed by atoms with Crippen molar-refractivity contribution in [3.05, 3.63) is 35.4 Å². The maximum atomic E-state index is 12.4. The Kier molecular flexibility index (Phi) is 5.62. The highest BCUT2D eigenvalue weighted by Gasteiger charge is 2.30. The van der Waals surface area contributed by atoms with Gasteiger partial charge in [-0.15, -0.1) is 0 Å². The summed E-state index contributed by atoms with van der Waals surface area (Å²) in [5.41, 5.74) is 1.58. The predicted octanol–water partition coefficient (Wildman–Crippen LogP) is 2.95. The van der Waals surface area contributed by atoms with Crippen LogP contribution in [0.5, 0.6) is 0 Å². The number of halogens is 3. The zero-order chi connectivity index (χ0) is 13.6. The van der Waals surface area contributed by atoms with Gasteiger partial charge in [-0.25, -0.2) is 0 Å². The number of hydrogen-bond acceptors (Lipinski definition) is 2. The third kappa shape index (κ3) is 5.51. The van der Waals surface area contributed by atoms with Crippen LogP contribution in [0.15, 0.2) is 24.3 Å². The summed E-state index contributed by atoms with van der Waals surface area (Å²) in [5, 5.41) is 8.89. The van der Waals surface area contributed by atoms with Gasteiger partial charge < -0.3 is 5.11 Å². The molecule has 1 N–H and O–H groups in total. The van der Waals surface area contributed by atoms with Crippen molar-refractivity contribution in [2.75, 3.05) is 13.1 Å². The molecule has 0 aromatic heterocycles. The molecule has 0 atom stereocenters. The molecule has 102 valence electrons. The zero-order valence-corrected chi connectivity index (χ0v) is 10.4. The van der Waals surface area contributed by atoms with E-state index in [2.05, 4.69) is 0 Å². The van der Waals surface area contributed by atoms with Gasteiger partial charge in [0.25, 0.3) is 0 Å². The fourth-order valence-corrected chi connectivity index (χ4v) is 1.79. The number of benzene rings is 1. The van der Waals surface area contributed by atoms with E-state index in [1.54, 1.807) is 24.3 Å². The van der Waals surface area contributed by atoms with Crippen molar-refractivity contribution in [1.82, 2.24) is 4.90 Å². The quantitative estimate of drug-likeness (QED) is 0.851. The molecule has 0 bridgehead atoms. The van der Waals surface area contributed by atoms with Crippen LogP contribution in [0.3, 0.4) is 0 Å². The van der Waals surface area contributed by atoms with Crippen molar-refractivity contribution in [3.63, 3.8) is 0 Å². The lowest BCUT2D eigenvalue weighted by molar-refractivity contribution is -0.147. The molecule has 0 heterocycles. The first kappa shape index (κ1) is 15.0. The molecule has 18 heavy (non-hydrogen) atoms. The van der Waals surface area contributed by atoms with E-state index >= 15 is 0 Å². The van der Waals surface area contributed by atoms with Gasteiger partial charge in [0.1, 0.15) is 0 Å². The van der Waals surface area contributed by atoms with Gasteiger partial charge in [0, 0.05) is 6.54 Å². The number of alkyl halides is 3. The smallest absolute Gasteiger partial charge is 0.392 e. The van der Waals surface area contributed by atoms with Gasteiger partial charge >= 0.3 is 6.18 Å². The average molecular weight is 261 g/mol. The maximum absolute atomic E-state index is 12.4. The first-order valence-corrected chi connectivity index (χ1v) is 5.92. The van der Waals surface area contributed by atoms with Gasteiger partial charge in [0.05, 0.1) is 13.2 Å². The normalized spacial score (nSPS) is 12.1. The van der Waals surface area contributed by atoms with Crippen LogP contribution < -0.4 is 0 Å². The molecule has 0 saturated carbocycles. The van der Waals surface area contributed by atoms with Crippen LogP contribution in [0.1, 0.15) is 24.5 Å². The minimum Gasteiger partial charge on any atom is -0.392 e. The Morgan fingerprint density at radius 1 is 1.11 bits per heavy atom. The molecule has 1 rings (SSSR count). The van der Waals surface area contributed by atoms with Crippen molar-refractivity contribution in [1.29, 1.82) is 0 Å². The number of aliphatic hydroxyl groups excluding tert-OH is 1. The second-order valence-electron chi connectivity index (χ2n) is 4.30. The molecule has 0 radical (unpaired) electrons. The third-order valence-corrected chi connectivity index (χ3v) is 2.55. The van der Waals surface area contributed by atoms with E-state index < -0.39 is 12.7 Å². The first-order valence-electron chi connectivity index (χ1n) is 5.92. The van der Waals surface area contributed by atoms with E-state index in [9.17, 15) is 13.2 Å². The highest BCUT2D eigenvalue weighted by Crippen LogP contribution is 2.18. The van der Waals surface area contributed by atoms with E-state index in [1.165, 1.54) is 4.90 Å². The molecule has 1 aromatic carbocycles. The van der Waals surface area contributed by atoms with Crippen LogP contribution >= 0.6 is 0 Å². The second-order valence-corrected chi connectivity index (χ2v) is 4.30. The van der Waals surface area contributed by atoms with Gasteiger partial charge in [0.2, 0.25) is 0 Å². The van der Waals surface area contributed by atoms with Gasteiger partial charge in [-0.1, -0.05) is 31.2 Å². The average Bonchev–Trinajstić information content (AvgIpc) is 2.28. The Hall–Kier alpha value is -1.07. The number of nitrogens with zero attached hydrogens (tertiary/aromatic N) is 1. The Morgan fingerprint density at radius 2 is 1.67 bits per heavy atom. The molecule has 0 spiro atoms. The molecule has 0 aliphatic heterocycles. The second kappa shape index (κ2) is 6.75. The molecule has 0 aliphatic carbocycles. The summed E-state index contributed by atoms with van der Waals surface area (Å²) >= 11 is 0. The molecule has 1 aromatic rings. The molecular weight excluding hydrogens is 243 g/mol. The molecule has 5 heteroatoms. The predicted molar refractivity (Wildman–Crippen MR) is 64.0 cm³/mol. The Labute approximate surface area is 105 Å². The lowest BCUT2D eigenvalue weighted by Crippen LogP contribution is -2.34. The minimum atomic E-state index is -4.17. The van der Waals surface area contributed by atoms with Crippen LogP contribution in [-0.4, -0.2) is 29.3 Å². The van der Waals surface area contributed by atoms with Crippen molar-refractivity contribution < 1.29 is 18.3 Å².